The van der Waals surface area contributed by atoms with Crippen LogP contribution in [0.3, 0.4) is 0 Å². The van der Waals surface area contributed by atoms with Crippen LogP contribution in [-0.2, 0) is 6.54 Å². The molecule has 5 nitrogen and oxygen atoms in total. The lowest BCUT2D eigenvalue weighted by molar-refractivity contribution is 0.200. The second-order valence-corrected chi connectivity index (χ2v) is 7.84. The summed E-state index contributed by atoms with van der Waals surface area (Å²) < 4.78 is 2.01. The maximum Gasteiger partial charge on any atom is 0.0650 e. The molecule has 0 radical (unpaired) electrons. The zero-order valence-corrected chi connectivity index (χ0v) is 17.0. The average molecular weight is 376 g/mol. The minimum absolute atomic E-state index is 0.637. The summed E-state index contributed by atoms with van der Waals surface area (Å²) >= 11 is 0. The highest BCUT2D eigenvalue weighted by molar-refractivity contribution is 5.51. The van der Waals surface area contributed by atoms with Crippen molar-refractivity contribution in [2.45, 2.75) is 39.3 Å². The van der Waals surface area contributed by atoms with Crippen molar-refractivity contribution in [3.8, 4) is 5.69 Å². The van der Waals surface area contributed by atoms with E-state index in [9.17, 15) is 0 Å². The number of nitrogens with zero attached hydrogens (tertiary/aromatic N) is 5. The zero-order chi connectivity index (χ0) is 19.5. The molecule has 0 N–H and O–H groups in total. The Labute approximate surface area is 167 Å². The van der Waals surface area contributed by atoms with Gasteiger partial charge in [0.2, 0.25) is 0 Å². The maximum atomic E-state index is 4.58. The molecule has 4 rings (SSSR count). The largest absolute Gasteiger partial charge is 0.371 e. The maximum absolute atomic E-state index is 4.58. The molecule has 0 spiro atoms. The van der Waals surface area contributed by atoms with Crippen molar-refractivity contribution in [2.24, 2.45) is 0 Å². The van der Waals surface area contributed by atoms with Crippen molar-refractivity contribution in [1.29, 1.82) is 0 Å². The van der Waals surface area contributed by atoms with Crippen LogP contribution in [0.4, 0.5) is 5.69 Å². The Morgan fingerprint density at radius 3 is 2.21 bits per heavy atom. The van der Waals surface area contributed by atoms with E-state index in [1.807, 2.05) is 24.0 Å². The third-order valence-electron chi connectivity index (χ3n) is 5.74. The van der Waals surface area contributed by atoms with Gasteiger partial charge in [-0.05, 0) is 81.8 Å². The molecule has 1 saturated heterocycles. The molecule has 3 aromatic rings. The van der Waals surface area contributed by atoms with Crippen LogP contribution in [0, 0.1) is 13.8 Å². The van der Waals surface area contributed by atoms with Gasteiger partial charge in [0.25, 0.3) is 0 Å². The van der Waals surface area contributed by atoms with E-state index in [1.165, 1.54) is 29.8 Å². The number of hydrogen-bond donors (Lipinski definition) is 0. The molecular formula is C23H29N5. The summed E-state index contributed by atoms with van der Waals surface area (Å²) in [4.78, 5) is 9.10. The molecule has 0 bridgehead atoms. The molecule has 28 heavy (non-hydrogen) atoms. The molecule has 146 valence electrons. The average Bonchev–Trinajstić information content (AvgIpc) is 3.07. The van der Waals surface area contributed by atoms with E-state index in [2.05, 4.69) is 76.3 Å². The first-order valence-corrected chi connectivity index (χ1v) is 10.1. The zero-order valence-electron chi connectivity index (χ0n) is 17.0. The Bertz CT molecular complexity index is 893. The topological polar surface area (TPSA) is 37.2 Å². The highest BCUT2D eigenvalue weighted by Gasteiger charge is 2.22. The number of piperidine rings is 1. The molecule has 1 aliphatic heterocycles. The van der Waals surface area contributed by atoms with Gasteiger partial charge in [0.05, 0.1) is 11.4 Å². The van der Waals surface area contributed by atoms with Gasteiger partial charge in [-0.1, -0.05) is 0 Å². The summed E-state index contributed by atoms with van der Waals surface area (Å²) in [5, 5.41) is 4.58. The smallest absolute Gasteiger partial charge is 0.0650 e. The van der Waals surface area contributed by atoms with Crippen molar-refractivity contribution in [2.75, 3.05) is 25.0 Å². The first-order chi connectivity index (χ1) is 13.6. The van der Waals surface area contributed by atoms with Gasteiger partial charge >= 0.3 is 0 Å². The summed E-state index contributed by atoms with van der Waals surface area (Å²) in [7, 11) is 2.24. The number of benzene rings is 1. The normalized spacial score (nSPS) is 15.4. The van der Waals surface area contributed by atoms with E-state index in [-0.39, 0.29) is 0 Å². The summed E-state index contributed by atoms with van der Waals surface area (Å²) in [6, 6.07) is 15.8. The standard InChI is InChI=1S/C23H29N5/c1-18-16-19(2)28(25-18)23-6-4-22(5-7-23)27-14-10-21(11-15-27)26(3)17-20-8-12-24-13-9-20/h4-9,12-13,16,21H,10-11,14-15,17H2,1-3H3. The quantitative estimate of drug-likeness (QED) is 0.676. The van der Waals surface area contributed by atoms with Crippen molar-refractivity contribution >= 4 is 5.69 Å². The van der Waals surface area contributed by atoms with Crippen molar-refractivity contribution in [3.05, 3.63) is 71.8 Å². The number of aromatic nitrogens is 3. The Balaban J connectivity index is 1.35. The fourth-order valence-corrected chi connectivity index (χ4v) is 4.17. The predicted octanol–water partition coefficient (Wildman–Crippen LogP) is 3.98. The number of hydrogen-bond acceptors (Lipinski definition) is 4. The molecule has 1 fully saturated rings. The summed E-state index contributed by atoms with van der Waals surface area (Å²) in [6.07, 6.45) is 6.14. The van der Waals surface area contributed by atoms with E-state index in [4.69, 9.17) is 0 Å². The SMILES string of the molecule is Cc1cc(C)n(-c2ccc(N3CCC(N(C)Cc4ccncc4)CC3)cc2)n1. The molecule has 3 heterocycles. The van der Waals surface area contributed by atoms with E-state index in [1.54, 1.807) is 0 Å². The molecule has 5 heteroatoms. The van der Waals surface area contributed by atoms with Crippen molar-refractivity contribution < 1.29 is 0 Å². The highest BCUT2D eigenvalue weighted by atomic mass is 15.3. The van der Waals surface area contributed by atoms with Gasteiger partial charge in [0, 0.05) is 49.5 Å². The van der Waals surface area contributed by atoms with Crippen LogP contribution in [0.5, 0.6) is 0 Å². The molecule has 1 aliphatic rings. The van der Waals surface area contributed by atoms with E-state index in [0.29, 0.717) is 6.04 Å². The lowest BCUT2D eigenvalue weighted by atomic mass is 10.0. The van der Waals surface area contributed by atoms with E-state index in [0.717, 1.165) is 31.0 Å². The minimum atomic E-state index is 0.637. The molecule has 0 amide bonds. The van der Waals surface area contributed by atoms with Gasteiger partial charge in [-0.15, -0.1) is 0 Å². The number of pyridine rings is 1. The molecule has 0 saturated carbocycles. The summed E-state index contributed by atoms with van der Waals surface area (Å²) in [6.45, 7) is 7.33. The third-order valence-corrected chi connectivity index (χ3v) is 5.74. The Hall–Kier alpha value is -2.66. The molecular weight excluding hydrogens is 346 g/mol. The Morgan fingerprint density at radius 2 is 1.61 bits per heavy atom. The van der Waals surface area contributed by atoms with Gasteiger partial charge in [-0.2, -0.15) is 5.10 Å². The Kier molecular flexibility index (Phi) is 5.44. The van der Waals surface area contributed by atoms with E-state index >= 15 is 0 Å². The molecule has 2 aromatic heterocycles. The van der Waals surface area contributed by atoms with Crippen LogP contribution in [0.25, 0.3) is 5.69 Å². The monoisotopic (exact) mass is 375 g/mol. The molecule has 0 aliphatic carbocycles. The van der Waals surface area contributed by atoms with Crippen LogP contribution >= 0.6 is 0 Å². The summed E-state index contributed by atoms with van der Waals surface area (Å²) in [5.74, 6) is 0. The summed E-state index contributed by atoms with van der Waals surface area (Å²) in [5.41, 5.74) is 5.99. The minimum Gasteiger partial charge on any atom is -0.371 e. The number of rotatable bonds is 5. The molecule has 1 aromatic carbocycles. The first-order valence-electron chi connectivity index (χ1n) is 10.1. The fourth-order valence-electron chi connectivity index (χ4n) is 4.17. The van der Waals surface area contributed by atoms with Gasteiger partial charge in [0.1, 0.15) is 0 Å². The number of anilines is 1. The van der Waals surface area contributed by atoms with Gasteiger partial charge < -0.3 is 4.90 Å². The second kappa shape index (κ2) is 8.15. The van der Waals surface area contributed by atoms with E-state index < -0.39 is 0 Å². The third kappa shape index (κ3) is 4.09. The fraction of sp³-hybridized carbons (Fsp3) is 0.391. The number of aryl methyl sites for hydroxylation is 2. The lowest BCUT2D eigenvalue weighted by Crippen LogP contribution is -2.43. The van der Waals surface area contributed by atoms with Gasteiger partial charge in [-0.25, -0.2) is 4.68 Å². The van der Waals surface area contributed by atoms with Crippen LogP contribution in [-0.4, -0.2) is 45.8 Å². The van der Waals surface area contributed by atoms with Crippen molar-refractivity contribution in [3.63, 3.8) is 0 Å². The van der Waals surface area contributed by atoms with Gasteiger partial charge in [-0.3, -0.25) is 9.88 Å². The molecule has 0 unspecified atom stereocenters. The van der Waals surface area contributed by atoms with Crippen LogP contribution < -0.4 is 4.90 Å². The van der Waals surface area contributed by atoms with Crippen molar-refractivity contribution in [1.82, 2.24) is 19.7 Å². The van der Waals surface area contributed by atoms with Crippen LogP contribution in [0.15, 0.2) is 54.9 Å². The highest BCUT2D eigenvalue weighted by Crippen LogP contribution is 2.24. The van der Waals surface area contributed by atoms with Crippen LogP contribution in [0.1, 0.15) is 29.8 Å². The second-order valence-electron chi connectivity index (χ2n) is 7.84. The first kappa shape index (κ1) is 18.7. The van der Waals surface area contributed by atoms with Gasteiger partial charge in [0.15, 0.2) is 0 Å². The molecule has 0 atom stereocenters. The lowest BCUT2D eigenvalue weighted by Gasteiger charge is -2.38. The predicted molar refractivity (Wildman–Crippen MR) is 114 cm³/mol. The van der Waals surface area contributed by atoms with Crippen LogP contribution in [0.2, 0.25) is 0 Å². The Morgan fingerprint density at radius 1 is 0.964 bits per heavy atom.